The van der Waals surface area contributed by atoms with E-state index in [1.807, 2.05) is 48.5 Å². The maximum absolute atomic E-state index is 11.0. The minimum atomic E-state index is -0.365. The van der Waals surface area contributed by atoms with Crippen LogP contribution in [-0.2, 0) is 9.53 Å². The summed E-state index contributed by atoms with van der Waals surface area (Å²) in [6.07, 6.45) is 11.1. The molecule has 0 aromatic heterocycles. The highest BCUT2D eigenvalue weighted by Gasteiger charge is 2.04. The first-order valence-electron chi connectivity index (χ1n) is 12.7. The van der Waals surface area contributed by atoms with Crippen LogP contribution in [0.2, 0.25) is 0 Å². The molecule has 5 heteroatoms. The van der Waals surface area contributed by atoms with Gasteiger partial charge in [-0.25, -0.2) is 4.79 Å². The second-order valence-electron chi connectivity index (χ2n) is 8.42. The smallest absolute Gasteiger partial charge is 0.330 e. The van der Waals surface area contributed by atoms with Crippen molar-refractivity contribution in [2.75, 3.05) is 19.8 Å². The zero-order valence-corrected chi connectivity index (χ0v) is 21.1. The lowest BCUT2D eigenvalue weighted by atomic mass is 10.2. The Kier molecular flexibility index (Phi) is 13.8. The van der Waals surface area contributed by atoms with Gasteiger partial charge >= 0.3 is 5.97 Å². The molecule has 5 nitrogen and oxygen atoms in total. The molecular weight excluding hydrogens is 440 g/mol. The van der Waals surface area contributed by atoms with Crippen molar-refractivity contribution in [3.63, 3.8) is 0 Å². The molecule has 2 aromatic rings. The second kappa shape index (κ2) is 17.3. The molecule has 0 fully saturated rings. The van der Waals surface area contributed by atoms with E-state index in [2.05, 4.69) is 20.1 Å². The molecule has 35 heavy (non-hydrogen) atoms. The second-order valence-corrected chi connectivity index (χ2v) is 8.42. The molecule has 0 atom stereocenters. The van der Waals surface area contributed by atoms with Gasteiger partial charge in [-0.1, -0.05) is 45.8 Å². The molecule has 0 radical (unpaired) electrons. The van der Waals surface area contributed by atoms with Crippen LogP contribution in [0.5, 0.6) is 17.2 Å². The average molecular weight is 481 g/mol. The number of esters is 1. The lowest BCUT2D eigenvalue weighted by molar-refractivity contribution is -0.137. The molecule has 0 unspecified atom stereocenters. The first-order chi connectivity index (χ1) is 17.1. The highest BCUT2D eigenvalue weighted by atomic mass is 16.5. The van der Waals surface area contributed by atoms with Crippen molar-refractivity contribution in [3.8, 4) is 17.2 Å². The van der Waals surface area contributed by atoms with Crippen LogP contribution in [0.15, 0.2) is 67.8 Å². The summed E-state index contributed by atoms with van der Waals surface area (Å²) in [5, 5.41) is 0. The van der Waals surface area contributed by atoms with Crippen LogP contribution in [0.1, 0.15) is 70.3 Å². The quantitative estimate of drug-likeness (QED) is 0.0890. The summed E-state index contributed by atoms with van der Waals surface area (Å²) in [7, 11) is 0. The Labute approximate surface area is 210 Å². The summed E-state index contributed by atoms with van der Waals surface area (Å²) in [6, 6.07) is 15.4. The largest absolute Gasteiger partial charge is 0.494 e. The summed E-state index contributed by atoms with van der Waals surface area (Å²) < 4.78 is 22.5. The van der Waals surface area contributed by atoms with E-state index < -0.39 is 0 Å². The SMILES string of the molecule is C=CC(=O)OCCCCCCOc1ccc(C(=C)Oc2ccc(OCCCCCCC)cc2)cc1. The normalized spacial score (nSPS) is 10.4. The third kappa shape index (κ3) is 12.2. The molecule has 0 spiro atoms. The molecule has 2 aromatic carbocycles. The van der Waals surface area contributed by atoms with Crippen molar-refractivity contribution in [3.05, 3.63) is 73.3 Å². The van der Waals surface area contributed by atoms with Crippen LogP contribution < -0.4 is 14.2 Å². The minimum absolute atomic E-state index is 0.365. The summed E-state index contributed by atoms with van der Waals surface area (Å²) in [4.78, 5) is 11.0. The fraction of sp³-hybridized carbons (Fsp3) is 0.433. The van der Waals surface area contributed by atoms with Crippen molar-refractivity contribution in [1.82, 2.24) is 0 Å². The molecule has 0 bridgehead atoms. The summed E-state index contributed by atoms with van der Waals surface area (Å²) >= 11 is 0. The Morgan fingerprint density at radius 3 is 1.74 bits per heavy atom. The van der Waals surface area contributed by atoms with Crippen LogP contribution in [0.25, 0.3) is 5.76 Å². The lowest BCUT2D eigenvalue weighted by Gasteiger charge is -2.11. The molecule has 0 amide bonds. The highest BCUT2D eigenvalue weighted by molar-refractivity contribution is 5.81. The zero-order valence-electron chi connectivity index (χ0n) is 21.1. The van der Waals surface area contributed by atoms with Crippen LogP contribution in [0, 0.1) is 0 Å². The van der Waals surface area contributed by atoms with Crippen LogP contribution in [-0.4, -0.2) is 25.8 Å². The van der Waals surface area contributed by atoms with Gasteiger partial charge in [0.05, 0.1) is 19.8 Å². The van der Waals surface area contributed by atoms with Crippen molar-refractivity contribution in [2.24, 2.45) is 0 Å². The Bertz CT molecular complexity index is 871. The van der Waals surface area contributed by atoms with Crippen LogP contribution in [0.3, 0.4) is 0 Å². The number of carbonyl (C=O) groups is 1. The first-order valence-corrected chi connectivity index (χ1v) is 12.7. The maximum atomic E-state index is 11.0. The van der Waals surface area contributed by atoms with E-state index >= 15 is 0 Å². The molecule has 0 saturated heterocycles. The van der Waals surface area contributed by atoms with E-state index in [1.54, 1.807) is 0 Å². The molecule has 0 saturated carbocycles. The van der Waals surface area contributed by atoms with Crippen molar-refractivity contribution >= 4 is 11.7 Å². The molecule has 190 valence electrons. The number of ether oxygens (including phenoxy) is 4. The number of hydrogen-bond donors (Lipinski definition) is 0. The zero-order chi connectivity index (χ0) is 25.1. The first kappa shape index (κ1) is 28.0. The summed E-state index contributed by atoms with van der Waals surface area (Å²) in [6.45, 7) is 11.5. The van der Waals surface area contributed by atoms with Crippen LogP contribution in [0.4, 0.5) is 0 Å². The van der Waals surface area contributed by atoms with E-state index in [0.29, 0.717) is 19.0 Å². The van der Waals surface area contributed by atoms with E-state index in [9.17, 15) is 4.79 Å². The number of benzene rings is 2. The van der Waals surface area contributed by atoms with Crippen molar-refractivity contribution < 1.29 is 23.7 Å². The van der Waals surface area contributed by atoms with Gasteiger partial charge in [0.25, 0.3) is 0 Å². The number of hydrogen-bond acceptors (Lipinski definition) is 5. The Morgan fingerprint density at radius 1 is 0.714 bits per heavy atom. The molecule has 2 rings (SSSR count). The van der Waals surface area contributed by atoms with Gasteiger partial charge in [0.1, 0.15) is 23.0 Å². The Hall–Kier alpha value is -3.21. The van der Waals surface area contributed by atoms with Crippen LogP contribution >= 0.6 is 0 Å². The van der Waals surface area contributed by atoms with E-state index in [-0.39, 0.29) is 5.97 Å². The maximum Gasteiger partial charge on any atom is 0.330 e. The van der Waals surface area contributed by atoms with Gasteiger partial charge < -0.3 is 18.9 Å². The van der Waals surface area contributed by atoms with Crippen molar-refractivity contribution in [2.45, 2.75) is 64.7 Å². The molecule has 0 aliphatic carbocycles. The third-order valence-corrected chi connectivity index (χ3v) is 5.48. The van der Waals surface area contributed by atoms with Crippen molar-refractivity contribution in [1.29, 1.82) is 0 Å². The fourth-order valence-electron chi connectivity index (χ4n) is 3.42. The topological polar surface area (TPSA) is 54.0 Å². The van der Waals surface area contributed by atoms with E-state index in [4.69, 9.17) is 18.9 Å². The highest BCUT2D eigenvalue weighted by Crippen LogP contribution is 2.24. The predicted molar refractivity (Wildman–Crippen MR) is 142 cm³/mol. The number of rotatable bonds is 19. The van der Waals surface area contributed by atoms with Gasteiger partial charge in [-0.2, -0.15) is 0 Å². The van der Waals surface area contributed by atoms with Gasteiger partial charge in [-0.15, -0.1) is 0 Å². The predicted octanol–water partition coefficient (Wildman–Crippen LogP) is 7.75. The van der Waals surface area contributed by atoms with E-state index in [1.165, 1.54) is 31.8 Å². The monoisotopic (exact) mass is 480 g/mol. The van der Waals surface area contributed by atoms with Gasteiger partial charge in [-0.05, 0) is 80.6 Å². The van der Waals surface area contributed by atoms with E-state index in [0.717, 1.165) is 61.5 Å². The lowest BCUT2D eigenvalue weighted by Crippen LogP contribution is -2.02. The van der Waals surface area contributed by atoms with Gasteiger partial charge in [0.15, 0.2) is 0 Å². The molecular formula is C30H40O5. The molecule has 0 N–H and O–H groups in total. The number of unbranched alkanes of at least 4 members (excludes halogenated alkanes) is 7. The molecule has 0 aliphatic heterocycles. The molecule has 0 heterocycles. The fourth-order valence-corrected chi connectivity index (χ4v) is 3.42. The summed E-state index contributed by atoms with van der Waals surface area (Å²) in [5.41, 5.74) is 0.902. The number of carbonyl (C=O) groups excluding carboxylic acids is 1. The third-order valence-electron chi connectivity index (χ3n) is 5.48. The standard InChI is InChI=1S/C30H40O5/c1-4-6-7-8-11-22-33-28-18-20-29(21-19-28)35-25(3)26-14-16-27(17-15-26)32-23-12-9-10-13-24-34-30(31)5-2/h5,14-21H,2-4,6-13,22-24H2,1H3. The van der Waals surface area contributed by atoms with Gasteiger partial charge in [-0.3, -0.25) is 0 Å². The van der Waals surface area contributed by atoms with Gasteiger partial charge in [0.2, 0.25) is 0 Å². The minimum Gasteiger partial charge on any atom is -0.494 e. The average Bonchev–Trinajstić information content (AvgIpc) is 2.88. The molecule has 0 aliphatic rings. The van der Waals surface area contributed by atoms with Gasteiger partial charge in [0, 0.05) is 11.6 Å². The summed E-state index contributed by atoms with van der Waals surface area (Å²) in [5.74, 6) is 2.62. The Balaban J connectivity index is 1.62. The Morgan fingerprint density at radius 2 is 1.20 bits per heavy atom.